The molecule has 0 bridgehead atoms. The number of para-hydroxylation sites is 6. The van der Waals surface area contributed by atoms with Gasteiger partial charge in [0.15, 0.2) is 0 Å². The first-order valence-corrected chi connectivity index (χ1v) is 54.9. The number of thiophene rings is 3. The molecule has 25 aromatic rings. The average Bonchev–Trinajstić information content (AvgIpc) is 1.54. The molecular formula is C135H91BrCl2N4S5. The van der Waals surface area contributed by atoms with Crippen molar-refractivity contribution in [3.05, 3.63) is 604 Å². The van der Waals surface area contributed by atoms with E-state index in [1.165, 1.54) is 147 Å². The molecule has 0 saturated heterocycles. The van der Waals surface area contributed by atoms with Gasteiger partial charge in [-0.2, -0.15) is 0 Å². The maximum Gasteiger partial charge on any atom is 0.0736 e. The van der Waals surface area contributed by atoms with Crippen molar-refractivity contribution in [3.63, 3.8) is 0 Å². The minimum atomic E-state index is -0.469. The van der Waals surface area contributed by atoms with E-state index in [2.05, 4.69) is 527 Å². The van der Waals surface area contributed by atoms with Gasteiger partial charge >= 0.3 is 0 Å². The summed E-state index contributed by atoms with van der Waals surface area (Å²) in [6.45, 7) is 0. The monoisotopic (exact) mass is 2080 g/mol. The maximum absolute atomic E-state index is 6.63. The molecule has 0 radical (unpaired) electrons. The average molecular weight is 2080 g/mol. The van der Waals surface area contributed by atoms with Crippen molar-refractivity contribution in [2.45, 2.75) is 36.8 Å². The lowest BCUT2D eigenvalue weighted by molar-refractivity contribution is 0.722. The Kier molecular flexibility index (Phi) is 25.5. The molecule has 702 valence electrons. The first kappa shape index (κ1) is 92.6. The largest absolute Gasteiger partial charge is 0.356 e. The van der Waals surface area contributed by atoms with Crippen molar-refractivity contribution >= 4 is 220 Å². The number of halogens is 3. The summed E-state index contributed by atoms with van der Waals surface area (Å²) in [7, 11) is 0. The molecular weight excluding hydrogens is 1990 g/mol. The summed E-state index contributed by atoms with van der Waals surface area (Å²) in [6.07, 6.45) is 1.03. The lowest BCUT2D eigenvalue weighted by atomic mass is 9.67. The normalized spacial score (nSPS) is 12.5. The molecule has 2 aliphatic heterocycles. The molecule has 2 spiro atoms. The zero-order chi connectivity index (χ0) is 98.3. The third-order valence-electron chi connectivity index (χ3n) is 28.3. The molecule has 0 fully saturated rings. The van der Waals surface area contributed by atoms with Gasteiger partial charge in [0.1, 0.15) is 0 Å². The first-order chi connectivity index (χ1) is 72.7. The SMILES string of the molecule is Clc1ccc(Br)c2sc3ccccc3c12.Clc1ccc(N(c2ccccc2)c2ccccc2)c2sc3ccccc3c12.c1ccc(Cc2ccccc2)cc1.c1ccc(N(c2ccccc2)c2ccc(N(c3ccccc3)c3ccc4c(c3)C3(c5ccccc5S4)c4ccccc4-c4ccccc43)c3c2sc2ccccc23)cc1.c1ccc(Nc2ccc3c(c2)C2(c4ccccc4S3)c3ccccc3-c3ccccc32)cc1. The fraction of sp³-hybridized carbons (Fsp3) is 0.0222. The Hall–Kier alpha value is -15.5. The highest BCUT2D eigenvalue weighted by Crippen LogP contribution is 2.66. The molecule has 5 heterocycles. The van der Waals surface area contributed by atoms with Gasteiger partial charge in [-0.15, -0.1) is 34.0 Å². The van der Waals surface area contributed by atoms with Crippen LogP contribution in [0, 0.1) is 0 Å². The van der Waals surface area contributed by atoms with Crippen LogP contribution in [0.5, 0.6) is 0 Å². The molecule has 4 aliphatic rings. The van der Waals surface area contributed by atoms with Gasteiger partial charge in [-0.1, -0.05) is 405 Å². The van der Waals surface area contributed by atoms with Crippen LogP contribution in [-0.2, 0) is 17.3 Å². The number of rotatable bonds is 13. The summed E-state index contributed by atoms with van der Waals surface area (Å²) < 4.78 is 8.59. The van der Waals surface area contributed by atoms with Crippen molar-refractivity contribution in [3.8, 4) is 22.3 Å². The smallest absolute Gasteiger partial charge is 0.0736 e. The number of hydrogen-bond donors (Lipinski definition) is 1. The molecule has 4 nitrogen and oxygen atoms in total. The van der Waals surface area contributed by atoms with Crippen molar-refractivity contribution in [1.82, 2.24) is 0 Å². The van der Waals surface area contributed by atoms with Gasteiger partial charge in [0, 0.05) is 121 Å². The summed E-state index contributed by atoms with van der Waals surface area (Å²) in [5.74, 6) is 0. The minimum absolute atomic E-state index is 0.321. The Morgan fingerprint density at radius 1 is 0.224 bits per heavy atom. The number of benzene rings is 22. The van der Waals surface area contributed by atoms with Crippen LogP contribution in [0.15, 0.2) is 558 Å². The first-order valence-electron chi connectivity index (χ1n) is 49.3. The molecule has 12 heteroatoms. The number of nitrogens with one attached hydrogen (secondary N) is 1. The fourth-order valence-corrected chi connectivity index (χ4v) is 29.2. The maximum atomic E-state index is 6.63. The summed E-state index contributed by atoms with van der Waals surface area (Å²) in [6, 6.07) is 191. The topological polar surface area (TPSA) is 21.8 Å². The van der Waals surface area contributed by atoms with E-state index >= 15 is 0 Å². The molecule has 29 rings (SSSR count). The van der Waals surface area contributed by atoms with Crippen molar-refractivity contribution in [2.75, 3.05) is 20.0 Å². The number of anilines is 11. The Balaban J connectivity index is 0.000000107. The Bertz CT molecular complexity index is 8980. The van der Waals surface area contributed by atoms with E-state index in [9.17, 15) is 0 Å². The second-order valence-corrected chi connectivity index (χ2v) is 43.7. The summed E-state index contributed by atoms with van der Waals surface area (Å²) in [4.78, 5) is 12.4. The third kappa shape index (κ3) is 16.9. The molecule has 0 unspecified atom stereocenters. The quantitative estimate of drug-likeness (QED) is 0.123. The van der Waals surface area contributed by atoms with Crippen molar-refractivity contribution in [1.29, 1.82) is 0 Å². The van der Waals surface area contributed by atoms with E-state index in [1.807, 2.05) is 77.3 Å². The van der Waals surface area contributed by atoms with E-state index in [4.69, 9.17) is 23.2 Å². The second-order valence-electron chi connectivity index (χ2n) is 36.7. The number of nitrogens with zero attached hydrogens (tertiary/aromatic N) is 3. The molecule has 0 amide bonds. The molecule has 3 aromatic heterocycles. The fourth-order valence-electron chi connectivity index (χ4n) is 22.1. The van der Waals surface area contributed by atoms with E-state index in [1.54, 1.807) is 22.7 Å². The lowest BCUT2D eigenvalue weighted by Crippen LogP contribution is -2.32. The van der Waals surface area contributed by atoms with E-state index in [-0.39, 0.29) is 5.41 Å². The minimum Gasteiger partial charge on any atom is -0.356 e. The zero-order valence-electron chi connectivity index (χ0n) is 79.5. The molecule has 147 heavy (non-hydrogen) atoms. The number of hydrogen-bond acceptors (Lipinski definition) is 9. The van der Waals surface area contributed by atoms with Crippen LogP contribution in [-0.4, -0.2) is 0 Å². The summed E-state index contributed by atoms with van der Waals surface area (Å²) >= 11 is 25.6. The van der Waals surface area contributed by atoms with Gasteiger partial charge in [0.05, 0.1) is 47.0 Å². The van der Waals surface area contributed by atoms with Crippen LogP contribution in [0.4, 0.5) is 62.6 Å². The molecule has 0 saturated carbocycles. The summed E-state index contributed by atoms with van der Waals surface area (Å²) in [5.41, 5.74) is 30.5. The van der Waals surface area contributed by atoms with E-state index in [0.717, 1.165) is 94.3 Å². The highest BCUT2D eigenvalue weighted by Gasteiger charge is 2.52. The van der Waals surface area contributed by atoms with E-state index in [0.29, 0.717) is 0 Å². The van der Waals surface area contributed by atoms with Crippen molar-refractivity contribution in [2.24, 2.45) is 0 Å². The molecule has 0 atom stereocenters. The van der Waals surface area contributed by atoms with Crippen LogP contribution in [0.25, 0.3) is 82.8 Å². The third-order valence-corrected chi connectivity index (χ3v) is 35.7. The Morgan fingerprint density at radius 3 is 0.952 bits per heavy atom. The van der Waals surface area contributed by atoms with Gasteiger partial charge in [0.25, 0.3) is 0 Å². The summed E-state index contributed by atoms with van der Waals surface area (Å²) in [5, 5.41) is 12.5. The van der Waals surface area contributed by atoms with Gasteiger partial charge in [-0.05, 0) is 276 Å². The predicted molar refractivity (Wildman–Crippen MR) is 634 cm³/mol. The van der Waals surface area contributed by atoms with Crippen molar-refractivity contribution < 1.29 is 0 Å². The van der Waals surface area contributed by atoms with E-state index < -0.39 is 5.41 Å². The van der Waals surface area contributed by atoms with Crippen LogP contribution in [0.2, 0.25) is 10.0 Å². The highest BCUT2D eigenvalue weighted by molar-refractivity contribution is 9.10. The molecule has 22 aromatic carbocycles. The Labute approximate surface area is 894 Å². The van der Waals surface area contributed by atoms with Gasteiger partial charge in [-0.3, -0.25) is 0 Å². The highest BCUT2D eigenvalue weighted by atomic mass is 79.9. The van der Waals surface area contributed by atoms with Crippen LogP contribution < -0.4 is 20.0 Å². The number of fused-ring (bicyclic) bond motifs is 27. The van der Waals surface area contributed by atoms with Crippen LogP contribution in [0.3, 0.4) is 0 Å². The molecule has 1 N–H and O–H groups in total. The Morgan fingerprint density at radius 2 is 0.524 bits per heavy atom. The molecule has 2 aliphatic carbocycles. The second kappa shape index (κ2) is 40.5. The van der Waals surface area contributed by atoms with Gasteiger partial charge in [0.2, 0.25) is 0 Å². The standard InChI is InChI=1S/C55H36N2S2.C31H21NS.C24H16ClNS.C13H12.C12H6BrClS/c1-4-18-37(19-5-1)56(38-20-6-2-7-21-38)49-34-33-48(53-43-26-12-16-30-50(43)59-54(49)53)57(39-22-8-3-9-23-39)40-32-35-52-47(36-40)55(46-29-15-17-31-51(46)58-52)44-27-13-10-24-41(44)42-25-11-14-28-45(42)55;1-2-10-21(11-3-1)32-22-18-19-30-28(20-22)31(27-16-8-9-17-29(27)33-30)25-14-6-4-12-23(25)24-13-5-7-15-26(24)31;25-20-15-16-21(24-23(20)19-13-7-8-14-22(19)27-24)26(17-9-3-1-4-10-17)18-11-5-2-6-12-18;1-3-7-12(8-4-1)11-13-9-5-2-6-10-13;13-8-5-6-9(14)11-7-3-1-2-4-10(7)15-12(8)11/h1-36H;1-20,32H;1-16H;1-10H,11H2;1-6H. The van der Waals surface area contributed by atoms with Gasteiger partial charge in [-0.25, -0.2) is 0 Å². The zero-order valence-corrected chi connectivity index (χ0v) is 86.7. The van der Waals surface area contributed by atoms with Gasteiger partial charge < -0.3 is 20.0 Å². The lowest BCUT2D eigenvalue weighted by Gasteiger charge is -2.40. The van der Waals surface area contributed by atoms with Crippen LogP contribution >= 0.6 is 96.7 Å². The predicted octanol–water partition coefficient (Wildman–Crippen LogP) is 41.0. The van der Waals surface area contributed by atoms with Crippen LogP contribution in [0.1, 0.15) is 55.6 Å².